The lowest BCUT2D eigenvalue weighted by Gasteiger charge is -2.30. The molecule has 120 valence electrons. The minimum Gasteiger partial charge on any atom is -0.481 e. The summed E-state index contributed by atoms with van der Waals surface area (Å²) in [5, 5.41) is 8.98. The number of carbonyl (C=O) groups excluding carboxylic acids is 1. The SMILES string of the molecule is O=C(N1CCCCCC1)N1CCC(C(=O)O)(C(F)(F)F)C1. The Hall–Kier alpha value is -1.47. The topological polar surface area (TPSA) is 60.9 Å². The molecule has 5 nitrogen and oxygen atoms in total. The molecule has 2 rings (SSSR count). The highest BCUT2D eigenvalue weighted by Crippen LogP contribution is 2.45. The van der Waals surface area contributed by atoms with Crippen molar-refractivity contribution in [2.45, 2.75) is 38.3 Å². The molecule has 1 atom stereocenters. The molecule has 2 aliphatic rings. The standard InChI is InChI=1S/C13H19F3N2O3/c14-13(15,16)12(10(19)20)5-8-18(9-12)11(21)17-6-3-1-2-4-7-17/h1-9H2,(H,19,20). The van der Waals surface area contributed by atoms with Crippen molar-refractivity contribution in [3.05, 3.63) is 0 Å². The molecule has 21 heavy (non-hydrogen) atoms. The maximum Gasteiger partial charge on any atom is 0.406 e. The smallest absolute Gasteiger partial charge is 0.406 e. The van der Waals surface area contributed by atoms with Crippen LogP contribution >= 0.6 is 0 Å². The van der Waals surface area contributed by atoms with Crippen molar-refractivity contribution < 1.29 is 27.9 Å². The molecule has 0 spiro atoms. The Balaban J connectivity index is 2.10. The Morgan fingerprint density at radius 2 is 1.52 bits per heavy atom. The van der Waals surface area contributed by atoms with E-state index in [1.54, 1.807) is 4.90 Å². The zero-order valence-electron chi connectivity index (χ0n) is 11.7. The second-order valence-electron chi connectivity index (χ2n) is 5.74. The molecule has 0 bridgehead atoms. The average Bonchev–Trinajstić information content (AvgIpc) is 2.69. The summed E-state index contributed by atoms with van der Waals surface area (Å²) in [6.07, 6.45) is -1.75. The fourth-order valence-corrected chi connectivity index (χ4v) is 2.96. The number of nitrogens with zero attached hydrogens (tertiary/aromatic N) is 2. The maximum absolute atomic E-state index is 13.1. The predicted octanol–water partition coefficient (Wildman–Crippen LogP) is 2.32. The van der Waals surface area contributed by atoms with Crippen LogP contribution < -0.4 is 0 Å². The van der Waals surface area contributed by atoms with Gasteiger partial charge >= 0.3 is 18.2 Å². The molecule has 0 aromatic rings. The molecule has 0 aliphatic carbocycles. The first-order valence-electron chi connectivity index (χ1n) is 7.12. The molecular formula is C13H19F3N2O3. The fourth-order valence-electron chi connectivity index (χ4n) is 2.96. The van der Waals surface area contributed by atoms with Crippen LogP contribution in [0, 0.1) is 5.41 Å². The van der Waals surface area contributed by atoms with Gasteiger partial charge in [-0.1, -0.05) is 12.8 Å². The Morgan fingerprint density at radius 1 is 0.952 bits per heavy atom. The number of urea groups is 1. The van der Waals surface area contributed by atoms with Crippen LogP contribution in [0.3, 0.4) is 0 Å². The quantitative estimate of drug-likeness (QED) is 0.808. The summed E-state index contributed by atoms with van der Waals surface area (Å²) in [6, 6.07) is -0.468. The minimum atomic E-state index is -4.85. The monoisotopic (exact) mass is 308 g/mol. The molecule has 0 aromatic heterocycles. The highest BCUT2D eigenvalue weighted by atomic mass is 19.4. The van der Waals surface area contributed by atoms with Crippen LogP contribution in [-0.4, -0.2) is 59.3 Å². The van der Waals surface area contributed by atoms with Crippen LogP contribution in [-0.2, 0) is 4.79 Å². The summed E-state index contributed by atoms with van der Waals surface area (Å²) in [5.74, 6) is -1.90. The van der Waals surface area contributed by atoms with Crippen molar-refractivity contribution in [1.82, 2.24) is 9.80 Å². The van der Waals surface area contributed by atoms with Gasteiger partial charge in [0.05, 0.1) is 0 Å². The summed E-state index contributed by atoms with van der Waals surface area (Å²) in [6.45, 7) is 0.102. The van der Waals surface area contributed by atoms with Gasteiger partial charge in [0, 0.05) is 26.2 Å². The zero-order chi connectivity index (χ0) is 15.7. The summed E-state index contributed by atoms with van der Waals surface area (Å²) in [4.78, 5) is 26.0. The highest BCUT2D eigenvalue weighted by molar-refractivity contribution is 5.80. The zero-order valence-corrected chi connectivity index (χ0v) is 11.7. The molecular weight excluding hydrogens is 289 g/mol. The number of rotatable bonds is 1. The first kappa shape index (κ1) is 15.9. The average molecular weight is 308 g/mol. The van der Waals surface area contributed by atoms with Crippen molar-refractivity contribution in [3.8, 4) is 0 Å². The second-order valence-corrected chi connectivity index (χ2v) is 5.74. The third-order valence-electron chi connectivity index (χ3n) is 4.37. The van der Waals surface area contributed by atoms with Gasteiger partial charge in [-0.25, -0.2) is 4.79 Å². The number of aliphatic carboxylic acids is 1. The molecule has 2 amide bonds. The van der Waals surface area contributed by atoms with E-state index in [2.05, 4.69) is 0 Å². The van der Waals surface area contributed by atoms with Crippen molar-refractivity contribution in [2.24, 2.45) is 5.41 Å². The lowest BCUT2D eigenvalue weighted by atomic mass is 9.86. The predicted molar refractivity (Wildman–Crippen MR) is 67.8 cm³/mol. The fraction of sp³-hybridized carbons (Fsp3) is 0.846. The van der Waals surface area contributed by atoms with E-state index >= 15 is 0 Å². The van der Waals surface area contributed by atoms with Crippen LogP contribution in [0.4, 0.5) is 18.0 Å². The van der Waals surface area contributed by atoms with Gasteiger partial charge in [0.25, 0.3) is 0 Å². The van der Waals surface area contributed by atoms with E-state index in [0.29, 0.717) is 13.1 Å². The number of likely N-dealkylation sites (tertiary alicyclic amines) is 2. The van der Waals surface area contributed by atoms with Crippen molar-refractivity contribution in [3.63, 3.8) is 0 Å². The molecule has 2 aliphatic heterocycles. The number of hydrogen-bond acceptors (Lipinski definition) is 2. The minimum absolute atomic E-state index is 0.166. The number of carboxylic acids is 1. The van der Waals surface area contributed by atoms with Gasteiger partial charge in [-0.05, 0) is 19.3 Å². The van der Waals surface area contributed by atoms with Crippen LogP contribution in [0.2, 0.25) is 0 Å². The van der Waals surface area contributed by atoms with Gasteiger partial charge in [0.15, 0.2) is 5.41 Å². The van der Waals surface area contributed by atoms with Gasteiger partial charge in [-0.2, -0.15) is 13.2 Å². The Morgan fingerprint density at radius 3 is 1.95 bits per heavy atom. The first-order valence-corrected chi connectivity index (χ1v) is 7.12. The number of hydrogen-bond donors (Lipinski definition) is 1. The Kier molecular flexibility index (Phi) is 4.34. The molecule has 0 saturated carbocycles. The lowest BCUT2D eigenvalue weighted by Crippen LogP contribution is -2.49. The van der Waals surface area contributed by atoms with Crippen LogP contribution in [0.1, 0.15) is 32.1 Å². The second kappa shape index (κ2) is 5.73. The van der Waals surface area contributed by atoms with Crippen LogP contribution in [0.5, 0.6) is 0 Å². The molecule has 8 heteroatoms. The van der Waals surface area contributed by atoms with E-state index in [9.17, 15) is 22.8 Å². The lowest BCUT2D eigenvalue weighted by molar-refractivity contribution is -0.227. The number of amides is 2. The molecule has 0 aromatic carbocycles. The first-order chi connectivity index (χ1) is 9.78. The third kappa shape index (κ3) is 2.94. The summed E-state index contributed by atoms with van der Waals surface area (Å²) >= 11 is 0. The van der Waals surface area contributed by atoms with Crippen molar-refractivity contribution >= 4 is 12.0 Å². The van der Waals surface area contributed by atoms with Gasteiger partial charge in [0.1, 0.15) is 0 Å². The maximum atomic E-state index is 13.1. The highest BCUT2D eigenvalue weighted by Gasteiger charge is 2.64. The number of carbonyl (C=O) groups is 2. The van der Waals surface area contributed by atoms with E-state index in [-0.39, 0.29) is 6.54 Å². The molecule has 2 fully saturated rings. The summed E-state index contributed by atoms with van der Waals surface area (Å²) in [5.41, 5.74) is -2.82. The number of alkyl halides is 3. The van der Waals surface area contributed by atoms with Crippen molar-refractivity contribution in [1.29, 1.82) is 0 Å². The largest absolute Gasteiger partial charge is 0.481 e. The third-order valence-corrected chi connectivity index (χ3v) is 4.37. The van der Waals surface area contributed by atoms with E-state index in [1.165, 1.54) is 0 Å². The molecule has 2 saturated heterocycles. The van der Waals surface area contributed by atoms with E-state index in [0.717, 1.165) is 30.6 Å². The van der Waals surface area contributed by atoms with E-state index in [4.69, 9.17) is 5.11 Å². The van der Waals surface area contributed by atoms with Gasteiger partial charge in [-0.15, -0.1) is 0 Å². The normalized spacial score (nSPS) is 27.6. The Bertz CT molecular complexity index is 419. The molecule has 1 N–H and O–H groups in total. The van der Waals surface area contributed by atoms with E-state index in [1.807, 2.05) is 0 Å². The van der Waals surface area contributed by atoms with E-state index < -0.39 is 36.6 Å². The molecule has 2 heterocycles. The molecule has 1 unspecified atom stereocenters. The number of carboxylic acid groups (broad SMARTS) is 1. The van der Waals surface area contributed by atoms with Gasteiger partial charge in [-0.3, -0.25) is 4.79 Å². The molecule has 0 radical (unpaired) electrons. The van der Waals surface area contributed by atoms with Gasteiger partial charge < -0.3 is 14.9 Å². The Labute approximate surface area is 120 Å². The van der Waals surface area contributed by atoms with Crippen LogP contribution in [0.15, 0.2) is 0 Å². The number of halogens is 3. The summed E-state index contributed by atoms with van der Waals surface area (Å²) < 4.78 is 39.2. The van der Waals surface area contributed by atoms with Crippen molar-refractivity contribution in [2.75, 3.05) is 26.2 Å². The van der Waals surface area contributed by atoms with Gasteiger partial charge in [0.2, 0.25) is 0 Å². The van der Waals surface area contributed by atoms with Crippen LogP contribution in [0.25, 0.3) is 0 Å². The summed E-state index contributed by atoms with van der Waals surface area (Å²) in [7, 11) is 0.